The third-order valence-corrected chi connectivity index (χ3v) is 4.91. The summed E-state index contributed by atoms with van der Waals surface area (Å²) >= 11 is 1.72. The molecule has 2 N–H and O–H groups in total. The van der Waals surface area contributed by atoms with Gasteiger partial charge in [-0.25, -0.2) is 4.98 Å². The first kappa shape index (κ1) is 15.6. The molecular formula is C13H18N4O3S. The number of hydrogen-bond acceptors (Lipinski definition) is 6. The number of aromatic nitrogens is 1. The maximum absolute atomic E-state index is 12.2. The van der Waals surface area contributed by atoms with E-state index in [0.717, 1.165) is 19.0 Å². The van der Waals surface area contributed by atoms with Gasteiger partial charge in [0.25, 0.3) is 11.6 Å². The smallest absolute Gasteiger partial charge is 0.300 e. The molecule has 0 atom stereocenters. The molecule has 0 aromatic carbocycles. The lowest BCUT2D eigenvalue weighted by atomic mass is 10.2. The number of rotatable bonds is 7. The monoisotopic (exact) mass is 310 g/mol. The number of pyridine rings is 1. The van der Waals surface area contributed by atoms with Gasteiger partial charge in [0.1, 0.15) is 17.6 Å². The molecule has 21 heavy (non-hydrogen) atoms. The van der Waals surface area contributed by atoms with E-state index in [9.17, 15) is 14.9 Å². The molecule has 0 aliphatic heterocycles. The van der Waals surface area contributed by atoms with E-state index in [1.165, 1.54) is 6.07 Å². The highest BCUT2D eigenvalue weighted by Gasteiger charge is 2.42. The number of anilines is 1. The minimum atomic E-state index is -0.584. The summed E-state index contributed by atoms with van der Waals surface area (Å²) in [6, 6.07) is 1.43. The van der Waals surface area contributed by atoms with Crippen LogP contribution in [0.5, 0.6) is 0 Å². The van der Waals surface area contributed by atoms with Gasteiger partial charge in [-0.3, -0.25) is 14.9 Å². The zero-order valence-electron chi connectivity index (χ0n) is 12.0. The SMILES string of the molecule is CCNc1cc(C(=O)NCC2(SC)CC2)c([N+](=O)[O-])cn1. The van der Waals surface area contributed by atoms with Gasteiger partial charge in [0.15, 0.2) is 0 Å². The fraction of sp³-hybridized carbons (Fsp3) is 0.538. The largest absolute Gasteiger partial charge is 0.370 e. The molecule has 1 aliphatic carbocycles. The van der Waals surface area contributed by atoms with E-state index >= 15 is 0 Å². The molecule has 0 spiro atoms. The topological polar surface area (TPSA) is 97.2 Å². The number of nitrogens with one attached hydrogen (secondary N) is 2. The molecule has 114 valence electrons. The average Bonchev–Trinajstić information content (AvgIpc) is 3.25. The van der Waals surface area contributed by atoms with Crippen molar-refractivity contribution in [2.45, 2.75) is 24.5 Å². The van der Waals surface area contributed by atoms with Crippen molar-refractivity contribution in [1.82, 2.24) is 10.3 Å². The zero-order valence-corrected chi connectivity index (χ0v) is 12.8. The second-order valence-electron chi connectivity index (χ2n) is 4.94. The van der Waals surface area contributed by atoms with Gasteiger partial charge in [0.2, 0.25) is 0 Å². The fourth-order valence-corrected chi connectivity index (χ4v) is 2.71. The van der Waals surface area contributed by atoms with E-state index in [1.807, 2.05) is 13.2 Å². The maximum atomic E-state index is 12.2. The Morgan fingerprint density at radius 2 is 2.29 bits per heavy atom. The van der Waals surface area contributed by atoms with E-state index in [2.05, 4.69) is 15.6 Å². The van der Waals surface area contributed by atoms with Gasteiger partial charge in [-0.15, -0.1) is 0 Å². The van der Waals surface area contributed by atoms with Crippen LogP contribution in [0.25, 0.3) is 0 Å². The summed E-state index contributed by atoms with van der Waals surface area (Å²) in [6.45, 7) is 3.04. The Morgan fingerprint density at radius 1 is 1.57 bits per heavy atom. The van der Waals surface area contributed by atoms with Gasteiger partial charge in [0.05, 0.1) is 4.92 Å². The molecule has 1 aliphatic rings. The summed E-state index contributed by atoms with van der Waals surface area (Å²) in [6.07, 6.45) is 5.26. The van der Waals surface area contributed by atoms with Gasteiger partial charge in [0, 0.05) is 23.9 Å². The van der Waals surface area contributed by atoms with Crippen molar-refractivity contribution in [2.24, 2.45) is 0 Å². The molecule has 7 nitrogen and oxygen atoms in total. The number of carbonyl (C=O) groups is 1. The van der Waals surface area contributed by atoms with Crippen molar-refractivity contribution in [3.63, 3.8) is 0 Å². The molecule has 1 aromatic heterocycles. The highest BCUT2D eigenvalue weighted by molar-refractivity contribution is 8.00. The molecule has 1 fully saturated rings. The molecule has 2 rings (SSSR count). The standard InChI is InChI=1S/C13H18N4O3S/c1-3-14-11-6-9(10(7-15-11)17(19)20)12(18)16-8-13(21-2)4-5-13/h6-7H,3-5,8H2,1-2H3,(H,14,15)(H,16,18). The lowest BCUT2D eigenvalue weighted by Gasteiger charge is -2.13. The van der Waals surface area contributed by atoms with Crippen LogP contribution >= 0.6 is 11.8 Å². The van der Waals surface area contributed by atoms with Crippen LogP contribution in [0.1, 0.15) is 30.1 Å². The first-order valence-electron chi connectivity index (χ1n) is 6.73. The Labute approximate surface area is 127 Å². The van der Waals surface area contributed by atoms with Crippen LogP contribution in [0.2, 0.25) is 0 Å². The van der Waals surface area contributed by atoms with Gasteiger partial charge in [-0.2, -0.15) is 11.8 Å². The number of nitrogens with zero attached hydrogens (tertiary/aromatic N) is 2. The van der Waals surface area contributed by atoms with Crippen molar-refractivity contribution in [3.8, 4) is 0 Å². The van der Waals surface area contributed by atoms with E-state index in [-0.39, 0.29) is 16.0 Å². The second-order valence-corrected chi connectivity index (χ2v) is 6.22. The first-order valence-corrected chi connectivity index (χ1v) is 7.95. The Hall–Kier alpha value is -1.83. The summed E-state index contributed by atoms with van der Waals surface area (Å²) in [5, 5.41) is 16.8. The summed E-state index contributed by atoms with van der Waals surface area (Å²) in [4.78, 5) is 26.6. The summed E-state index contributed by atoms with van der Waals surface area (Å²) < 4.78 is 0.113. The van der Waals surface area contributed by atoms with Gasteiger partial charge in [-0.1, -0.05) is 0 Å². The van der Waals surface area contributed by atoms with Crippen molar-refractivity contribution in [2.75, 3.05) is 24.7 Å². The average molecular weight is 310 g/mol. The molecule has 1 amide bonds. The molecule has 0 radical (unpaired) electrons. The van der Waals surface area contributed by atoms with Crippen molar-refractivity contribution in [1.29, 1.82) is 0 Å². The Kier molecular flexibility index (Phi) is 4.66. The molecule has 1 aromatic rings. The van der Waals surface area contributed by atoms with Crippen molar-refractivity contribution < 1.29 is 9.72 Å². The van der Waals surface area contributed by atoms with Gasteiger partial charge < -0.3 is 10.6 Å². The quantitative estimate of drug-likeness (QED) is 0.591. The molecular weight excluding hydrogens is 292 g/mol. The minimum Gasteiger partial charge on any atom is -0.370 e. The number of thioether (sulfide) groups is 1. The molecule has 8 heteroatoms. The molecule has 0 saturated heterocycles. The van der Waals surface area contributed by atoms with Crippen LogP contribution in [-0.4, -0.2) is 39.9 Å². The summed E-state index contributed by atoms with van der Waals surface area (Å²) in [5.41, 5.74) is -0.231. The normalized spacial score (nSPS) is 15.3. The van der Waals surface area contributed by atoms with Crippen LogP contribution in [0, 0.1) is 10.1 Å². The van der Waals surface area contributed by atoms with Crippen LogP contribution < -0.4 is 10.6 Å². The Balaban J connectivity index is 2.16. The van der Waals surface area contributed by atoms with Crippen LogP contribution in [0.3, 0.4) is 0 Å². The Bertz CT molecular complexity index is 560. The fourth-order valence-electron chi connectivity index (χ4n) is 1.98. The summed E-state index contributed by atoms with van der Waals surface area (Å²) in [5.74, 6) is 0.0304. The highest BCUT2D eigenvalue weighted by Crippen LogP contribution is 2.46. The predicted octanol–water partition coefficient (Wildman–Crippen LogP) is 2.05. The number of hydrogen-bond donors (Lipinski definition) is 2. The van der Waals surface area contributed by atoms with E-state index < -0.39 is 10.8 Å². The third-order valence-electron chi connectivity index (χ3n) is 3.49. The van der Waals surface area contributed by atoms with Crippen LogP contribution in [-0.2, 0) is 0 Å². The minimum absolute atomic E-state index is 0.0443. The van der Waals surface area contributed by atoms with Crippen LogP contribution in [0.15, 0.2) is 12.3 Å². The maximum Gasteiger partial charge on any atom is 0.300 e. The molecule has 0 bridgehead atoms. The predicted molar refractivity (Wildman–Crippen MR) is 82.9 cm³/mol. The Morgan fingerprint density at radius 3 is 2.81 bits per heavy atom. The van der Waals surface area contributed by atoms with E-state index in [4.69, 9.17) is 0 Å². The van der Waals surface area contributed by atoms with Crippen molar-refractivity contribution >= 4 is 29.2 Å². The lowest BCUT2D eigenvalue weighted by molar-refractivity contribution is -0.385. The molecule has 1 saturated carbocycles. The van der Waals surface area contributed by atoms with Gasteiger partial charge >= 0.3 is 0 Å². The molecule has 1 heterocycles. The second kappa shape index (κ2) is 6.30. The van der Waals surface area contributed by atoms with E-state index in [0.29, 0.717) is 18.9 Å². The lowest BCUT2D eigenvalue weighted by Crippen LogP contribution is -2.32. The van der Waals surface area contributed by atoms with Crippen LogP contribution in [0.4, 0.5) is 11.5 Å². The first-order chi connectivity index (χ1) is 10.0. The van der Waals surface area contributed by atoms with E-state index in [1.54, 1.807) is 11.8 Å². The van der Waals surface area contributed by atoms with Gasteiger partial charge in [-0.05, 0) is 26.0 Å². The number of nitro groups is 1. The molecule has 0 unspecified atom stereocenters. The summed E-state index contributed by atoms with van der Waals surface area (Å²) in [7, 11) is 0. The number of amides is 1. The zero-order chi connectivity index (χ0) is 15.5. The number of carbonyl (C=O) groups excluding carboxylic acids is 1. The third kappa shape index (κ3) is 3.63. The van der Waals surface area contributed by atoms with Crippen molar-refractivity contribution in [3.05, 3.63) is 27.9 Å². The highest BCUT2D eigenvalue weighted by atomic mass is 32.2.